The smallest absolute Gasteiger partial charge is 0.156 e. The molecule has 0 aromatic carbocycles. The van der Waals surface area contributed by atoms with Crippen molar-refractivity contribution in [2.24, 2.45) is 41.6 Å². The summed E-state index contributed by atoms with van der Waals surface area (Å²) in [6.07, 6.45) is 10.5. The van der Waals surface area contributed by atoms with Gasteiger partial charge in [0.05, 0.1) is 0 Å². The van der Waals surface area contributed by atoms with Gasteiger partial charge in [-0.15, -0.1) is 0 Å². The van der Waals surface area contributed by atoms with Gasteiger partial charge in [0.1, 0.15) is 29.1 Å². The van der Waals surface area contributed by atoms with Crippen LogP contribution < -0.4 is 10.6 Å². The van der Waals surface area contributed by atoms with Gasteiger partial charge in [-0.05, 0) is 76.9 Å². The van der Waals surface area contributed by atoms with Crippen molar-refractivity contribution >= 4 is 46.6 Å². The predicted octanol–water partition coefficient (Wildman–Crippen LogP) is 9.16. The van der Waals surface area contributed by atoms with Gasteiger partial charge in [-0.3, -0.25) is 0 Å². The molecule has 44 heavy (non-hydrogen) atoms. The van der Waals surface area contributed by atoms with Crippen LogP contribution in [0.25, 0.3) is 0 Å². The molecule has 0 saturated carbocycles. The minimum Gasteiger partial charge on any atom is -0.328 e. The number of anilines is 3. The molecule has 3 N–H and O–H groups in total. The Labute approximate surface area is 264 Å². The van der Waals surface area contributed by atoms with E-state index in [1.165, 1.54) is 16.7 Å². The second kappa shape index (κ2) is 11.0. The minimum absolute atomic E-state index is 0.00877. The number of hydrogen-bond donors (Lipinski definition) is 3. The number of aromatic nitrogens is 2. The van der Waals surface area contributed by atoms with Crippen LogP contribution in [0.3, 0.4) is 0 Å². The fourth-order valence-corrected chi connectivity index (χ4v) is 5.86. The molecule has 2 aromatic rings. The zero-order valence-corrected chi connectivity index (χ0v) is 29.0. The highest BCUT2D eigenvalue weighted by atomic mass is 15.2. The lowest BCUT2D eigenvalue weighted by atomic mass is 9.82. The topological polar surface area (TPSA) is 94.2 Å². The number of aromatic amines is 1. The molecule has 0 amide bonds. The van der Waals surface area contributed by atoms with E-state index in [0.29, 0.717) is 17.5 Å². The van der Waals surface area contributed by atoms with Gasteiger partial charge in [-0.25, -0.2) is 20.0 Å². The van der Waals surface area contributed by atoms with Crippen LogP contribution in [0.1, 0.15) is 99.8 Å². The highest BCUT2D eigenvalue weighted by Crippen LogP contribution is 2.44. The summed E-state index contributed by atoms with van der Waals surface area (Å²) < 4.78 is 2.42. The largest absolute Gasteiger partial charge is 0.328 e. The van der Waals surface area contributed by atoms with Crippen molar-refractivity contribution in [1.82, 2.24) is 9.55 Å². The van der Waals surface area contributed by atoms with E-state index in [1.54, 1.807) is 0 Å². The summed E-state index contributed by atoms with van der Waals surface area (Å²) in [7, 11) is 0. The number of nitrogens with zero attached hydrogens (tertiary/aromatic N) is 5. The summed E-state index contributed by atoms with van der Waals surface area (Å²) in [4.78, 5) is 23.2. The molecule has 3 aliphatic rings. The molecule has 0 fully saturated rings. The Kier molecular flexibility index (Phi) is 7.96. The van der Waals surface area contributed by atoms with Crippen LogP contribution in [0.15, 0.2) is 50.3 Å². The average Bonchev–Trinajstić information content (AvgIpc) is 3.58. The highest BCUT2D eigenvalue weighted by Gasteiger charge is 2.32. The second-order valence-corrected chi connectivity index (χ2v) is 17.4. The number of nitrogens with one attached hydrogen (secondary N) is 3. The quantitative estimate of drug-likeness (QED) is 0.328. The molecule has 0 saturated heterocycles. The normalized spacial score (nSPS) is 16.8. The first-order chi connectivity index (χ1) is 20.2. The standard InChI is InChI=1S/C36H52N8/c1-33(2,3)18-22-17-29-40-27-14-13-25(38-27)37-26-15-16-28(39-26)42-31-23(19-34(4,5)6)24(20-35(7,8)9)32(43-30(22)41-29)44(31)21-36(10,11)12/h13-17,41,43H,18-21H2,1-12H3,(H,37,38,39,40,42). The van der Waals surface area contributed by atoms with Crippen molar-refractivity contribution in [2.75, 3.05) is 10.6 Å². The summed E-state index contributed by atoms with van der Waals surface area (Å²) >= 11 is 0. The first-order valence-electron chi connectivity index (χ1n) is 15.9. The molecule has 5 rings (SSSR count). The first-order valence-corrected chi connectivity index (χ1v) is 15.9. The summed E-state index contributed by atoms with van der Waals surface area (Å²) in [5.74, 6) is 6.59. The lowest BCUT2D eigenvalue weighted by molar-refractivity contribution is 0.347. The first kappa shape index (κ1) is 31.7. The van der Waals surface area contributed by atoms with Gasteiger partial charge in [0, 0.05) is 17.7 Å². The zero-order chi connectivity index (χ0) is 32.2. The van der Waals surface area contributed by atoms with Gasteiger partial charge >= 0.3 is 0 Å². The molecule has 0 aliphatic carbocycles. The van der Waals surface area contributed by atoms with Crippen LogP contribution in [0.5, 0.6) is 0 Å². The Bertz CT molecular complexity index is 1620. The summed E-state index contributed by atoms with van der Waals surface area (Å²) in [6, 6.07) is 2.21. The van der Waals surface area contributed by atoms with Crippen molar-refractivity contribution < 1.29 is 0 Å². The Morgan fingerprint density at radius 2 is 1.14 bits per heavy atom. The van der Waals surface area contributed by atoms with Gasteiger partial charge in [0.15, 0.2) is 17.5 Å². The Morgan fingerprint density at radius 1 is 0.591 bits per heavy atom. The molecular weight excluding hydrogens is 544 g/mol. The molecule has 236 valence electrons. The fraction of sp³-hybridized carbons (Fsp3) is 0.556. The monoisotopic (exact) mass is 596 g/mol. The highest BCUT2D eigenvalue weighted by molar-refractivity contribution is 6.24. The molecule has 0 radical (unpaired) electrons. The maximum Gasteiger partial charge on any atom is 0.156 e. The van der Waals surface area contributed by atoms with Gasteiger partial charge < -0.3 is 20.2 Å². The minimum atomic E-state index is 0.00877. The Morgan fingerprint density at radius 3 is 1.73 bits per heavy atom. The van der Waals surface area contributed by atoms with Crippen molar-refractivity contribution in [2.45, 2.75) is 109 Å². The van der Waals surface area contributed by atoms with E-state index in [4.69, 9.17) is 20.0 Å². The number of hydrogen-bond acceptors (Lipinski definition) is 6. The number of aliphatic imine (C=N–C) groups is 4. The molecular formula is C36H52N8. The lowest BCUT2D eigenvalue weighted by Crippen LogP contribution is -2.18. The van der Waals surface area contributed by atoms with E-state index in [9.17, 15) is 0 Å². The molecule has 3 aliphatic heterocycles. The van der Waals surface area contributed by atoms with E-state index in [0.717, 1.165) is 54.9 Å². The molecule has 8 nitrogen and oxygen atoms in total. The third kappa shape index (κ3) is 7.88. The molecule has 5 heterocycles. The van der Waals surface area contributed by atoms with Gasteiger partial charge in [-0.2, -0.15) is 0 Å². The van der Waals surface area contributed by atoms with Gasteiger partial charge in [-0.1, -0.05) is 83.1 Å². The number of fused-ring (bicyclic) bond motifs is 6. The SMILES string of the molecule is CC(C)(C)Cc1cc2[nH]c1Nc1c(CC(C)(C)C)c(CC(C)(C)C)c(n1CC(C)(C)C)N=C1C=CC(=N1)N=C1C=CC(=N1)N2. The fourth-order valence-electron chi connectivity index (χ4n) is 5.86. The molecule has 2 aromatic heterocycles. The molecule has 0 atom stereocenters. The van der Waals surface area contributed by atoms with Crippen LogP contribution in [0.4, 0.5) is 23.3 Å². The third-order valence-corrected chi connectivity index (χ3v) is 7.30. The molecule has 8 bridgehead atoms. The van der Waals surface area contributed by atoms with Gasteiger partial charge in [0.25, 0.3) is 0 Å². The maximum absolute atomic E-state index is 5.32. The van der Waals surface area contributed by atoms with E-state index in [-0.39, 0.29) is 21.7 Å². The van der Waals surface area contributed by atoms with Crippen LogP contribution in [0.2, 0.25) is 0 Å². The van der Waals surface area contributed by atoms with E-state index >= 15 is 0 Å². The van der Waals surface area contributed by atoms with Crippen molar-refractivity contribution in [3.63, 3.8) is 0 Å². The van der Waals surface area contributed by atoms with Crippen LogP contribution >= 0.6 is 0 Å². The number of amidine groups is 4. The number of H-pyrrole nitrogens is 1. The molecule has 8 heteroatoms. The Hall–Kier alpha value is -3.68. The zero-order valence-electron chi connectivity index (χ0n) is 29.0. The van der Waals surface area contributed by atoms with E-state index in [2.05, 4.69) is 109 Å². The molecule has 0 unspecified atom stereocenters. The second-order valence-electron chi connectivity index (χ2n) is 17.4. The average molecular weight is 597 g/mol. The lowest BCUT2D eigenvalue weighted by Gasteiger charge is -2.25. The summed E-state index contributed by atoms with van der Waals surface area (Å²) in [5.41, 5.74) is 4.06. The van der Waals surface area contributed by atoms with E-state index in [1.807, 2.05) is 24.3 Å². The van der Waals surface area contributed by atoms with Crippen LogP contribution in [0, 0.1) is 21.7 Å². The third-order valence-electron chi connectivity index (χ3n) is 7.30. The predicted molar refractivity (Wildman–Crippen MR) is 189 cm³/mol. The van der Waals surface area contributed by atoms with Crippen LogP contribution in [-0.4, -0.2) is 32.9 Å². The maximum atomic E-state index is 5.32. The van der Waals surface area contributed by atoms with Crippen molar-refractivity contribution in [3.05, 3.63) is 47.1 Å². The van der Waals surface area contributed by atoms with Crippen LogP contribution in [-0.2, 0) is 25.8 Å². The van der Waals surface area contributed by atoms with Gasteiger partial charge in [0.2, 0.25) is 0 Å². The summed E-state index contributed by atoms with van der Waals surface area (Å²) in [6.45, 7) is 28.4. The Balaban J connectivity index is 1.84. The van der Waals surface area contributed by atoms with E-state index < -0.39 is 0 Å². The number of rotatable bonds is 4. The van der Waals surface area contributed by atoms with Crippen molar-refractivity contribution in [3.8, 4) is 0 Å². The van der Waals surface area contributed by atoms with Crippen molar-refractivity contribution in [1.29, 1.82) is 0 Å². The molecule has 0 spiro atoms. The summed E-state index contributed by atoms with van der Waals surface area (Å²) in [5, 5.41) is 7.46.